The van der Waals surface area contributed by atoms with E-state index >= 15 is 0 Å². The van der Waals surface area contributed by atoms with Crippen LogP contribution in [0.25, 0.3) is 0 Å². The topological polar surface area (TPSA) is 49.4 Å². The smallest absolute Gasteiger partial charge is 0.245 e. The van der Waals surface area contributed by atoms with Crippen molar-refractivity contribution in [2.24, 2.45) is 0 Å². The molecule has 3 unspecified atom stereocenters. The predicted octanol–water partition coefficient (Wildman–Crippen LogP) is 1.28. The van der Waals surface area contributed by atoms with Crippen LogP contribution in [0.2, 0.25) is 0 Å². The molecule has 0 saturated carbocycles. The van der Waals surface area contributed by atoms with E-state index in [0.717, 1.165) is 19.3 Å². The molecule has 0 aromatic heterocycles. The van der Waals surface area contributed by atoms with Gasteiger partial charge < -0.3 is 10.2 Å². The SMILES string of the molecule is CC1NC(=O)C(C)N(C2CCc3ccccc3C2)C1=O. The Bertz CT molecular complexity index is 555. The first-order valence-corrected chi connectivity index (χ1v) is 7.27. The van der Waals surface area contributed by atoms with Gasteiger partial charge in [-0.1, -0.05) is 24.3 Å². The highest BCUT2D eigenvalue weighted by atomic mass is 16.2. The second kappa shape index (κ2) is 4.93. The van der Waals surface area contributed by atoms with Crippen LogP contribution >= 0.6 is 0 Å². The van der Waals surface area contributed by atoms with Gasteiger partial charge in [0.15, 0.2) is 0 Å². The molecule has 4 heteroatoms. The lowest BCUT2D eigenvalue weighted by Crippen LogP contribution is -2.64. The highest BCUT2D eigenvalue weighted by molar-refractivity contribution is 5.96. The number of benzene rings is 1. The maximum absolute atomic E-state index is 12.4. The summed E-state index contributed by atoms with van der Waals surface area (Å²) in [7, 11) is 0. The van der Waals surface area contributed by atoms with Crippen molar-refractivity contribution in [2.75, 3.05) is 0 Å². The summed E-state index contributed by atoms with van der Waals surface area (Å²) in [4.78, 5) is 26.2. The molecule has 3 rings (SSSR count). The quantitative estimate of drug-likeness (QED) is 0.837. The predicted molar refractivity (Wildman–Crippen MR) is 76.2 cm³/mol. The zero-order chi connectivity index (χ0) is 14.3. The van der Waals surface area contributed by atoms with Gasteiger partial charge in [-0.05, 0) is 44.2 Å². The molecule has 0 radical (unpaired) electrons. The van der Waals surface area contributed by atoms with Gasteiger partial charge in [-0.2, -0.15) is 0 Å². The van der Waals surface area contributed by atoms with E-state index < -0.39 is 6.04 Å². The number of rotatable bonds is 1. The molecular weight excluding hydrogens is 252 g/mol. The summed E-state index contributed by atoms with van der Waals surface area (Å²) in [5, 5.41) is 2.74. The normalized spacial score (nSPS) is 29.9. The van der Waals surface area contributed by atoms with Gasteiger partial charge in [0.2, 0.25) is 11.8 Å². The van der Waals surface area contributed by atoms with Gasteiger partial charge in [0.05, 0.1) is 0 Å². The van der Waals surface area contributed by atoms with Crippen LogP contribution in [0.5, 0.6) is 0 Å². The minimum absolute atomic E-state index is 0.0430. The number of piperazine rings is 1. The van der Waals surface area contributed by atoms with Crippen molar-refractivity contribution in [3.63, 3.8) is 0 Å². The van der Waals surface area contributed by atoms with E-state index in [9.17, 15) is 9.59 Å². The number of hydrogen-bond acceptors (Lipinski definition) is 2. The Kier molecular flexibility index (Phi) is 3.24. The third-order valence-electron chi connectivity index (χ3n) is 4.49. The summed E-state index contributed by atoms with van der Waals surface area (Å²) in [6.45, 7) is 3.58. The third-order valence-corrected chi connectivity index (χ3v) is 4.49. The Hall–Kier alpha value is -1.84. The van der Waals surface area contributed by atoms with Gasteiger partial charge in [0.1, 0.15) is 12.1 Å². The second-order valence-corrected chi connectivity index (χ2v) is 5.82. The third kappa shape index (κ3) is 2.09. The number of nitrogens with zero attached hydrogens (tertiary/aromatic N) is 1. The van der Waals surface area contributed by atoms with Crippen LogP contribution in [0.4, 0.5) is 0 Å². The number of fused-ring (bicyclic) bond motifs is 1. The summed E-state index contributed by atoms with van der Waals surface area (Å²) < 4.78 is 0. The van der Waals surface area contributed by atoms with Crippen molar-refractivity contribution in [1.82, 2.24) is 10.2 Å². The molecule has 1 aromatic rings. The van der Waals surface area contributed by atoms with Gasteiger partial charge in [-0.15, -0.1) is 0 Å². The summed E-state index contributed by atoms with van der Waals surface area (Å²) >= 11 is 0. The van der Waals surface area contributed by atoms with Crippen LogP contribution in [-0.2, 0) is 22.4 Å². The lowest BCUT2D eigenvalue weighted by atomic mass is 9.86. The molecule has 2 aliphatic rings. The highest BCUT2D eigenvalue weighted by Crippen LogP contribution is 2.27. The van der Waals surface area contributed by atoms with E-state index in [1.165, 1.54) is 11.1 Å². The summed E-state index contributed by atoms with van der Waals surface area (Å²) in [6, 6.07) is 7.75. The van der Waals surface area contributed by atoms with Crippen molar-refractivity contribution < 1.29 is 9.59 Å². The number of amides is 2. The summed E-state index contributed by atoms with van der Waals surface area (Å²) in [5.41, 5.74) is 2.68. The largest absolute Gasteiger partial charge is 0.343 e. The van der Waals surface area contributed by atoms with Gasteiger partial charge in [-0.3, -0.25) is 9.59 Å². The first-order chi connectivity index (χ1) is 9.58. The van der Waals surface area contributed by atoms with E-state index in [4.69, 9.17) is 0 Å². The molecule has 20 heavy (non-hydrogen) atoms. The molecule has 1 aliphatic heterocycles. The lowest BCUT2D eigenvalue weighted by molar-refractivity contribution is -0.151. The standard InChI is InChI=1S/C16H20N2O2/c1-10-16(20)18(11(2)15(19)17-10)14-8-7-12-5-3-4-6-13(12)9-14/h3-6,10-11,14H,7-9H2,1-2H3,(H,17,19). The monoisotopic (exact) mass is 272 g/mol. The van der Waals surface area contributed by atoms with Crippen molar-refractivity contribution in [1.29, 1.82) is 0 Å². The van der Waals surface area contributed by atoms with Crippen molar-refractivity contribution in [2.45, 2.75) is 51.2 Å². The molecule has 4 nitrogen and oxygen atoms in total. The Labute approximate surface area is 119 Å². The zero-order valence-corrected chi connectivity index (χ0v) is 11.9. The number of carbonyl (C=O) groups excluding carboxylic acids is 2. The number of nitrogens with one attached hydrogen (secondary N) is 1. The van der Waals surface area contributed by atoms with E-state index in [2.05, 4.69) is 23.5 Å². The van der Waals surface area contributed by atoms with Crippen molar-refractivity contribution >= 4 is 11.8 Å². The fourth-order valence-electron chi connectivity index (χ4n) is 3.35. The molecule has 1 aromatic carbocycles. The van der Waals surface area contributed by atoms with Crippen LogP contribution < -0.4 is 5.32 Å². The molecule has 1 heterocycles. The molecule has 0 bridgehead atoms. The molecule has 1 aliphatic carbocycles. The lowest BCUT2D eigenvalue weighted by Gasteiger charge is -2.43. The minimum atomic E-state index is -0.407. The van der Waals surface area contributed by atoms with Crippen LogP contribution in [0, 0.1) is 0 Å². The number of aryl methyl sites for hydroxylation is 1. The van der Waals surface area contributed by atoms with Crippen LogP contribution in [0.15, 0.2) is 24.3 Å². The Morgan fingerprint density at radius 3 is 2.60 bits per heavy atom. The molecule has 1 saturated heterocycles. The molecule has 1 N–H and O–H groups in total. The molecule has 1 fully saturated rings. The number of hydrogen-bond donors (Lipinski definition) is 1. The fraction of sp³-hybridized carbons (Fsp3) is 0.500. The molecular formula is C16H20N2O2. The summed E-state index contributed by atoms with van der Waals surface area (Å²) in [6.07, 6.45) is 2.77. The van der Waals surface area contributed by atoms with Gasteiger partial charge in [0, 0.05) is 6.04 Å². The van der Waals surface area contributed by atoms with E-state index in [1.807, 2.05) is 13.0 Å². The first-order valence-electron chi connectivity index (χ1n) is 7.27. The van der Waals surface area contributed by atoms with Gasteiger partial charge in [-0.25, -0.2) is 0 Å². The molecule has 3 atom stereocenters. The zero-order valence-electron chi connectivity index (χ0n) is 11.9. The van der Waals surface area contributed by atoms with Crippen molar-refractivity contribution in [3.8, 4) is 0 Å². The van der Waals surface area contributed by atoms with E-state index in [1.54, 1.807) is 11.8 Å². The fourth-order valence-corrected chi connectivity index (χ4v) is 3.35. The van der Waals surface area contributed by atoms with Gasteiger partial charge >= 0.3 is 0 Å². The van der Waals surface area contributed by atoms with E-state index in [-0.39, 0.29) is 23.9 Å². The highest BCUT2D eigenvalue weighted by Gasteiger charge is 2.40. The Balaban J connectivity index is 1.86. The van der Waals surface area contributed by atoms with Crippen LogP contribution in [0.1, 0.15) is 31.4 Å². The molecule has 2 amide bonds. The van der Waals surface area contributed by atoms with Crippen LogP contribution in [-0.4, -0.2) is 34.8 Å². The maximum Gasteiger partial charge on any atom is 0.245 e. The van der Waals surface area contributed by atoms with Crippen LogP contribution in [0.3, 0.4) is 0 Å². The van der Waals surface area contributed by atoms with Gasteiger partial charge in [0.25, 0.3) is 0 Å². The Morgan fingerprint density at radius 1 is 1.15 bits per heavy atom. The molecule has 0 spiro atoms. The average molecular weight is 272 g/mol. The first kappa shape index (κ1) is 13.2. The van der Waals surface area contributed by atoms with E-state index in [0.29, 0.717) is 0 Å². The molecule has 106 valence electrons. The second-order valence-electron chi connectivity index (χ2n) is 5.82. The summed E-state index contributed by atoms with van der Waals surface area (Å²) in [5.74, 6) is -0.00237. The number of carbonyl (C=O) groups is 2. The average Bonchev–Trinajstić information content (AvgIpc) is 2.45. The Morgan fingerprint density at radius 2 is 1.85 bits per heavy atom. The van der Waals surface area contributed by atoms with Crippen molar-refractivity contribution in [3.05, 3.63) is 35.4 Å². The minimum Gasteiger partial charge on any atom is -0.343 e. The maximum atomic E-state index is 12.4.